The van der Waals surface area contributed by atoms with Gasteiger partial charge >= 0.3 is 5.97 Å². The van der Waals surface area contributed by atoms with E-state index in [-0.39, 0.29) is 11.3 Å². The molecular weight excluding hydrogens is 282 g/mol. The second-order valence-electron chi connectivity index (χ2n) is 5.43. The highest BCUT2D eigenvalue weighted by Gasteiger charge is 2.40. The van der Waals surface area contributed by atoms with Crippen LogP contribution in [0.4, 0.5) is 0 Å². The van der Waals surface area contributed by atoms with Crippen molar-refractivity contribution < 1.29 is 18.3 Å². The zero-order valence-corrected chi connectivity index (χ0v) is 12.4. The minimum atomic E-state index is -3.77. The van der Waals surface area contributed by atoms with Crippen LogP contribution in [0.3, 0.4) is 0 Å². The molecule has 1 saturated carbocycles. The fourth-order valence-corrected chi connectivity index (χ4v) is 4.76. The van der Waals surface area contributed by atoms with Gasteiger partial charge in [-0.15, -0.1) is 0 Å². The van der Waals surface area contributed by atoms with E-state index in [2.05, 4.69) is 14.9 Å². The zero-order valence-electron chi connectivity index (χ0n) is 11.6. The maximum atomic E-state index is 12.5. The predicted molar refractivity (Wildman–Crippen MR) is 71.8 cm³/mol. The van der Waals surface area contributed by atoms with E-state index in [1.165, 1.54) is 0 Å². The van der Waals surface area contributed by atoms with E-state index >= 15 is 0 Å². The van der Waals surface area contributed by atoms with Gasteiger partial charge in [0.2, 0.25) is 10.0 Å². The van der Waals surface area contributed by atoms with Crippen molar-refractivity contribution in [2.75, 3.05) is 0 Å². The summed E-state index contributed by atoms with van der Waals surface area (Å²) in [5, 5.41) is 15.5. The van der Waals surface area contributed by atoms with Crippen LogP contribution in [-0.4, -0.2) is 35.2 Å². The van der Waals surface area contributed by atoms with Crippen LogP contribution >= 0.6 is 0 Å². The molecule has 0 aromatic carbocycles. The molecule has 0 radical (unpaired) electrons. The maximum Gasteiger partial charge on any atom is 0.305 e. The molecule has 0 bridgehead atoms. The highest BCUT2D eigenvalue weighted by atomic mass is 32.2. The summed E-state index contributed by atoms with van der Waals surface area (Å²) in [6, 6.07) is 0. The van der Waals surface area contributed by atoms with E-state index in [4.69, 9.17) is 5.11 Å². The molecule has 1 aromatic rings. The first-order valence-electron chi connectivity index (χ1n) is 6.53. The van der Waals surface area contributed by atoms with Gasteiger partial charge in [0.05, 0.1) is 17.8 Å². The molecule has 1 aliphatic carbocycles. The Morgan fingerprint density at radius 2 is 2.00 bits per heavy atom. The fourth-order valence-electron chi connectivity index (χ4n) is 2.93. The number of carboxylic acid groups (broad SMARTS) is 1. The molecule has 20 heavy (non-hydrogen) atoms. The number of nitrogens with zero attached hydrogens (tertiary/aromatic N) is 1. The summed E-state index contributed by atoms with van der Waals surface area (Å²) in [5.74, 6) is -0.991. The van der Waals surface area contributed by atoms with Crippen molar-refractivity contribution in [2.45, 2.75) is 56.4 Å². The van der Waals surface area contributed by atoms with Crippen molar-refractivity contribution >= 4 is 16.0 Å². The second kappa shape index (κ2) is 5.17. The summed E-state index contributed by atoms with van der Waals surface area (Å²) in [4.78, 5) is 11.1. The van der Waals surface area contributed by atoms with E-state index in [0.717, 1.165) is 12.8 Å². The van der Waals surface area contributed by atoms with E-state index in [9.17, 15) is 13.2 Å². The van der Waals surface area contributed by atoms with Crippen LogP contribution in [0.15, 0.2) is 4.90 Å². The van der Waals surface area contributed by atoms with E-state index in [0.29, 0.717) is 24.2 Å². The lowest BCUT2D eigenvalue weighted by Gasteiger charge is -2.28. The van der Waals surface area contributed by atoms with Gasteiger partial charge in [-0.3, -0.25) is 9.89 Å². The van der Waals surface area contributed by atoms with E-state index < -0.39 is 21.5 Å². The standard InChI is InChI=1S/C12H19N3O4S/c1-8-11(9(2)14-13-8)20(18,19)15-12(7-10(16)17)5-3-4-6-12/h15H,3-7H2,1-2H3,(H,13,14)(H,16,17). The maximum absolute atomic E-state index is 12.5. The highest BCUT2D eigenvalue weighted by Crippen LogP contribution is 2.34. The number of nitrogens with one attached hydrogen (secondary N) is 2. The molecule has 1 fully saturated rings. The first kappa shape index (κ1) is 15.0. The molecule has 0 saturated heterocycles. The molecule has 8 heteroatoms. The summed E-state index contributed by atoms with van der Waals surface area (Å²) in [5.41, 5.74) is -0.0298. The number of sulfonamides is 1. The molecule has 0 atom stereocenters. The summed E-state index contributed by atoms with van der Waals surface area (Å²) in [6.07, 6.45) is 2.57. The minimum Gasteiger partial charge on any atom is -0.481 e. The van der Waals surface area contributed by atoms with Crippen molar-refractivity contribution in [1.29, 1.82) is 0 Å². The van der Waals surface area contributed by atoms with Gasteiger partial charge in [0, 0.05) is 5.54 Å². The Balaban J connectivity index is 2.33. The van der Waals surface area contributed by atoms with Crippen LogP contribution in [-0.2, 0) is 14.8 Å². The van der Waals surface area contributed by atoms with Crippen molar-refractivity contribution in [3.05, 3.63) is 11.4 Å². The number of aromatic amines is 1. The molecule has 0 spiro atoms. The number of hydrogen-bond acceptors (Lipinski definition) is 4. The van der Waals surface area contributed by atoms with Crippen molar-refractivity contribution in [1.82, 2.24) is 14.9 Å². The number of aromatic nitrogens is 2. The van der Waals surface area contributed by atoms with Crippen molar-refractivity contribution in [3.63, 3.8) is 0 Å². The Hall–Kier alpha value is -1.41. The zero-order chi connectivity index (χ0) is 15.0. The van der Waals surface area contributed by atoms with Gasteiger partial charge in [-0.05, 0) is 26.7 Å². The van der Waals surface area contributed by atoms with Crippen LogP contribution in [0.25, 0.3) is 0 Å². The minimum absolute atomic E-state index is 0.120. The number of carboxylic acids is 1. The number of aliphatic carboxylic acids is 1. The SMILES string of the molecule is Cc1n[nH]c(C)c1S(=O)(=O)NC1(CC(=O)O)CCCC1. The lowest BCUT2D eigenvalue weighted by Crippen LogP contribution is -2.47. The van der Waals surface area contributed by atoms with Gasteiger partial charge in [0.25, 0.3) is 0 Å². The molecule has 1 heterocycles. The molecule has 3 N–H and O–H groups in total. The monoisotopic (exact) mass is 301 g/mol. The third kappa shape index (κ3) is 2.85. The fraction of sp³-hybridized carbons (Fsp3) is 0.667. The van der Waals surface area contributed by atoms with Gasteiger partial charge in [0.1, 0.15) is 4.90 Å². The normalized spacial score (nSPS) is 18.3. The number of hydrogen-bond donors (Lipinski definition) is 3. The lowest BCUT2D eigenvalue weighted by atomic mass is 9.95. The smallest absolute Gasteiger partial charge is 0.305 e. The first-order valence-corrected chi connectivity index (χ1v) is 8.01. The number of carbonyl (C=O) groups is 1. The predicted octanol–water partition coefficient (Wildman–Crippen LogP) is 1.09. The summed E-state index contributed by atoms with van der Waals surface area (Å²) in [6.45, 7) is 3.24. The van der Waals surface area contributed by atoms with Crippen LogP contribution in [0, 0.1) is 13.8 Å². The Labute approximate surface area is 117 Å². The largest absolute Gasteiger partial charge is 0.481 e. The van der Waals surface area contributed by atoms with Gasteiger partial charge in [-0.1, -0.05) is 12.8 Å². The van der Waals surface area contributed by atoms with E-state index in [1.54, 1.807) is 13.8 Å². The Morgan fingerprint density at radius 3 is 2.45 bits per heavy atom. The summed E-state index contributed by atoms with van der Waals surface area (Å²) in [7, 11) is -3.77. The van der Waals surface area contributed by atoms with Crippen LogP contribution in [0.5, 0.6) is 0 Å². The molecule has 1 aromatic heterocycles. The average Bonchev–Trinajstić information content (AvgIpc) is 2.85. The molecule has 112 valence electrons. The molecular formula is C12H19N3O4S. The molecule has 7 nitrogen and oxygen atoms in total. The molecule has 1 aliphatic rings. The van der Waals surface area contributed by atoms with Crippen LogP contribution < -0.4 is 4.72 Å². The lowest BCUT2D eigenvalue weighted by molar-refractivity contribution is -0.138. The summed E-state index contributed by atoms with van der Waals surface area (Å²) >= 11 is 0. The average molecular weight is 301 g/mol. The molecule has 0 amide bonds. The topological polar surface area (TPSA) is 112 Å². The second-order valence-corrected chi connectivity index (χ2v) is 7.05. The van der Waals surface area contributed by atoms with Gasteiger partial charge in [0.15, 0.2) is 0 Å². The number of rotatable bonds is 5. The Morgan fingerprint density at radius 1 is 1.40 bits per heavy atom. The van der Waals surface area contributed by atoms with Crippen LogP contribution in [0.2, 0.25) is 0 Å². The molecule has 2 rings (SSSR count). The van der Waals surface area contributed by atoms with E-state index in [1.807, 2.05) is 0 Å². The van der Waals surface area contributed by atoms with Gasteiger partial charge in [-0.2, -0.15) is 5.10 Å². The van der Waals surface area contributed by atoms with Gasteiger partial charge < -0.3 is 5.11 Å². The third-order valence-corrected chi connectivity index (χ3v) is 5.57. The molecule has 0 aliphatic heterocycles. The Bertz CT molecular complexity index is 595. The Kier molecular flexibility index (Phi) is 3.88. The van der Waals surface area contributed by atoms with Crippen molar-refractivity contribution in [2.24, 2.45) is 0 Å². The third-order valence-electron chi connectivity index (χ3n) is 3.73. The summed E-state index contributed by atoms with van der Waals surface area (Å²) < 4.78 is 27.6. The highest BCUT2D eigenvalue weighted by molar-refractivity contribution is 7.89. The van der Waals surface area contributed by atoms with Crippen molar-refractivity contribution in [3.8, 4) is 0 Å². The number of aryl methyl sites for hydroxylation is 2. The molecule has 0 unspecified atom stereocenters. The quantitative estimate of drug-likeness (QED) is 0.753. The van der Waals surface area contributed by atoms with Gasteiger partial charge in [-0.25, -0.2) is 13.1 Å². The first-order chi connectivity index (χ1) is 9.26. The number of H-pyrrole nitrogens is 1. The van der Waals surface area contributed by atoms with Crippen LogP contribution in [0.1, 0.15) is 43.5 Å².